The maximum Gasteiger partial charge on any atom is 0.111 e. The summed E-state index contributed by atoms with van der Waals surface area (Å²) in [6.07, 6.45) is 6.69. The average Bonchev–Trinajstić information content (AvgIpc) is 3.16. The molecule has 2 aromatic rings. The van der Waals surface area contributed by atoms with Crippen LogP contribution < -0.4 is 0 Å². The highest BCUT2D eigenvalue weighted by Gasteiger charge is 2.39. The molecule has 112 valence electrons. The lowest BCUT2D eigenvalue weighted by Crippen LogP contribution is -2.19. The first kappa shape index (κ1) is 13.6. The average molecular weight is 303 g/mol. The van der Waals surface area contributed by atoms with Crippen LogP contribution in [0.2, 0.25) is 0 Å². The number of aromatic nitrogens is 2. The number of benzene rings is 1. The lowest BCUT2D eigenvalue weighted by molar-refractivity contribution is 0.296. The summed E-state index contributed by atoms with van der Waals surface area (Å²) in [5.74, 6) is 4.65. The van der Waals surface area contributed by atoms with E-state index in [0.717, 1.165) is 30.7 Å². The van der Waals surface area contributed by atoms with Crippen molar-refractivity contribution in [2.24, 2.45) is 17.8 Å². The van der Waals surface area contributed by atoms with Crippen LogP contribution in [0.1, 0.15) is 37.1 Å². The van der Waals surface area contributed by atoms with Gasteiger partial charge in [0.15, 0.2) is 0 Å². The summed E-state index contributed by atoms with van der Waals surface area (Å²) in [7, 11) is 0. The molecule has 2 saturated carbocycles. The number of hydrogen-bond donors (Lipinski definition) is 0. The molecule has 0 aliphatic heterocycles. The van der Waals surface area contributed by atoms with Gasteiger partial charge in [-0.15, -0.1) is 11.6 Å². The van der Waals surface area contributed by atoms with E-state index in [1.807, 2.05) is 0 Å². The molecule has 3 unspecified atom stereocenters. The van der Waals surface area contributed by atoms with E-state index in [9.17, 15) is 0 Å². The molecule has 1 aromatic heterocycles. The monoisotopic (exact) mass is 302 g/mol. The lowest BCUT2D eigenvalue weighted by atomic mass is 9.88. The van der Waals surface area contributed by atoms with E-state index in [2.05, 4.69) is 29.7 Å². The van der Waals surface area contributed by atoms with Gasteiger partial charge in [0, 0.05) is 18.8 Å². The van der Waals surface area contributed by atoms with Gasteiger partial charge in [0.05, 0.1) is 11.0 Å². The Balaban J connectivity index is 1.72. The SMILES string of the molecule is Cc1cccc2c1nc(CCCl)n2CC1CC2CCC1C2. The Bertz CT molecular complexity index is 661. The van der Waals surface area contributed by atoms with Gasteiger partial charge < -0.3 is 4.57 Å². The van der Waals surface area contributed by atoms with Crippen LogP contribution in [-0.2, 0) is 13.0 Å². The summed E-state index contributed by atoms with van der Waals surface area (Å²) in [5, 5.41) is 0. The molecule has 2 bridgehead atoms. The maximum absolute atomic E-state index is 6.00. The Hall–Kier alpha value is -1.02. The molecule has 3 heteroatoms. The molecule has 2 nitrogen and oxygen atoms in total. The summed E-state index contributed by atoms with van der Waals surface area (Å²) >= 11 is 6.00. The van der Waals surface area contributed by atoms with Gasteiger partial charge in [-0.25, -0.2) is 4.98 Å². The van der Waals surface area contributed by atoms with Gasteiger partial charge in [-0.1, -0.05) is 18.6 Å². The predicted molar refractivity (Wildman–Crippen MR) is 87.8 cm³/mol. The van der Waals surface area contributed by atoms with Crippen molar-refractivity contribution >= 4 is 22.6 Å². The second kappa shape index (κ2) is 5.31. The van der Waals surface area contributed by atoms with Crippen molar-refractivity contribution in [3.8, 4) is 0 Å². The third-order valence-corrected chi connectivity index (χ3v) is 5.87. The summed E-state index contributed by atoms with van der Waals surface area (Å²) in [6.45, 7) is 3.30. The number of halogens is 1. The van der Waals surface area contributed by atoms with Crippen molar-refractivity contribution in [2.75, 3.05) is 5.88 Å². The van der Waals surface area contributed by atoms with E-state index in [0.29, 0.717) is 5.88 Å². The highest BCUT2D eigenvalue weighted by molar-refractivity contribution is 6.17. The van der Waals surface area contributed by atoms with Gasteiger partial charge in [0.1, 0.15) is 5.82 Å². The normalized spacial score (nSPS) is 27.8. The number of rotatable bonds is 4. The van der Waals surface area contributed by atoms with Gasteiger partial charge in [0.25, 0.3) is 0 Å². The molecular formula is C18H23ClN2. The fourth-order valence-electron chi connectivity index (χ4n) is 4.65. The number of aryl methyl sites for hydroxylation is 2. The molecular weight excluding hydrogens is 280 g/mol. The highest BCUT2D eigenvalue weighted by Crippen LogP contribution is 2.49. The van der Waals surface area contributed by atoms with Gasteiger partial charge in [-0.3, -0.25) is 0 Å². The minimum Gasteiger partial charge on any atom is -0.328 e. The minimum absolute atomic E-state index is 0.652. The van der Waals surface area contributed by atoms with Gasteiger partial charge in [0.2, 0.25) is 0 Å². The topological polar surface area (TPSA) is 17.8 Å². The number of nitrogens with zero attached hydrogens (tertiary/aromatic N) is 2. The Morgan fingerprint density at radius 2 is 2.19 bits per heavy atom. The van der Waals surface area contributed by atoms with E-state index in [-0.39, 0.29) is 0 Å². The zero-order valence-electron chi connectivity index (χ0n) is 12.7. The van der Waals surface area contributed by atoms with E-state index in [1.54, 1.807) is 0 Å². The third kappa shape index (κ3) is 2.28. The second-order valence-corrected chi connectivity index (χ2v) is 7.33. The molecule has 0 radical (unpaired) electrons. The predicted octanol–water partition coefficient (Wildman–Crippen LogP) is 4.56. The van der Waals surface area contributed by atoms with Crippen molar-refractivity contribution < 1.29 is 0 Å². The largest absolute Gasteiger partial charge is 0.328 e. The highest BCUT2D eigenvalue weighted by atomic mass is 35.5. The summed E-state index contributed by atoms with van der Waals surface area (Å²) in [5.41, 5.74) is 3.74. The van der Waals surface area contributed by atoms with Crippen LogP contribution in [0, 0.1) is 24.7 Å². The molecule has 0 spiro atoms. The Kier molecular flexibility index (Phi) is 3.45. The molecule has 0 N–H and O–H groups in total. The van der Waals surface area contributed by atoms with Crippen molar-refractivity contribution in [3.63, 3.8) is 0 Å². The molecule has 3 atom stereocenters. The molecule has 0 saturated heterocycles. The van der Waals surface area contributed by atoms with Gasteiger partial charge in [-0.2, -0.15) is 0 Å². The van der Waals surface area contributed by atoms with Crippen LogP contribution in [0.5, 0.6) is 0 Å². The Morgan fingerprint density at radius 3 is 2.90 bits per heavy atom. The molecule has 4 rings (SSSR count). The Labute approximate surface area is 131 Å². The quantitative estimate of drug-likeness (QED) is 0.757. The number of imidazole rings is 1. The van der Waals surface area contributed by atoms with Gasteiger partial charge >= 0.3 is 0 Å². The fourth-order valence-corrected chi connectivity index (χ4v) is 4.82. The van der Waals surface area contributed by atoms with Crippen LogP contribution in [0.3, 0.4) is 0 Å². The first-order chi connectivity index (χ1) is 10.3. The van der Waals surface area contributed by atoms with Crippen LogP contribution in [-0.4, -0.2) is 15.4 Å². The standard InChI is InChI=1S/C18H23ClN2/c1-12-3-2-4-16-18(12)20-17(7-8-19)21(16)11-15-10-13-5-6-14(15)9-13/h2-4,13-15H,5-11H2,1H3. The molecule has 2 fully saturated rings. The minimum atomic E-state index is 0.652. The summed E-state index contributed by atoms with van der Waals surface area (Å²) < 4.78 is 2.47. The molecule has 2 aliphatic carbocycles. The lowest BCUT2D eigenvalue weighted by Gasteiger charge is -2.23. The molecule has 1 aromatic carbocycles. The maximum atomic E-state index is 6.00. The first-order valence-corrected chi connectivity index (χ1v) is 8.80. The number of alkyl halides is 1. The van der Waals surface area contributed by atoms with Crippen LogP contribution in [0.4, 0.5) is 0 Å². The number of fused-ring (bicyclic) bond motifs is 3. The first-order valence-electron chi connectivity index (χ1n) is 8.27. The van der Waals surface area contributed by atoms with Crippen LogP contribution in [0.15, 0.2) is 18.2 Å². The van der Waals surface area contributed by atoms with Crippen molar-refractivity contribution in [1.82, 2.24) is 9.55 Å². The molecule has 21 heavy (non-hydrogen) atoms. The zero-order chi connectivity index (χ0) is 14.4. The van der Waals surface area contributed by atoms with Gasteiger partial charge in [-0.05, 0) is 55.6 Å². The van der Waals surface area contributed by atoms with Crippen molar-refractivity contribution in [2.45, 2.75) is 45.6 Å². The van der Waals surface area contributed by atoms with Crippen LogP contribution in [0.25, 0.3) is 11.0 Å². The molecule has 0 amide bonds. The molecule has 1 heterocycles. The Morgan fingerprint density at radius 1 is 1.29 bits per heavy atom. The third-order valence-electron chi connectivity index (χ3n) is 5.68. The van der Waals surface area contributed by atoms with Crippen LogP contribution >= 0.6 is 11.6 Å². The summed E-state index contributed by atoms with van der Waals surface area (Å²) in [6, 6.07) is 6.53. The van der Waals surface area contributed by atoms with E-state index >= 15 is 0 Å². The van der Waals surface area contributed by atoms with Crippen molar-refractivity contribution in [1.29, 1.82) is 0 Å². The molecule has 2 aliphatic rings. The summed E-state index contributed by atoms with van der Waals surface area (Å²) in [4.78, 5) is 4.88. The van der Waals surface area contributed by atoms with E-state index in [4.69, 9.17) is 16.6 Å². The van der Waals surface area contributed by atoms with E-state index < -0.39 is 0 Å². The number of para-hydroxylation sites is 1. The fraction of sp³-hybridized carbons (Fsp3) is 0.611. The van der Waals surface area contributed by atoms with E-state index in [1.165, 1.54) is 48.1 Å². The second-order valence-electron chi connectivity index (χ2n) is 6.96. The number of hydrogen-bond acceptors (Lipinski definition) is 1. The smallest absolute Gasteiger partial charge is 0.111 e. The van der Waals surface area contributed by atoms with Crippen molar-refractivity contribution in [3.05, 3.63) is 29.6 Å². The zero-order valence-corrected chi connectivity index (χ0v) is 13.4.